The zero-order chi connectivity index (χ0) is 15.0. The van der Waals surface area contributed by atoms with Gasteiger partial charge in [0.05, 0.1) is 12.2 Å². The highest BCUT2D eigenvalue weighted by molar-refractivity contribution is 5.45. The molecule has 0 saturated carbocycles. The maximum Gasteiger partial charge on any atom is 0.231 e. The minimum atomic E-state index is -1.12. The average molecular weight is 299 g/mol. The summed E-state index contributed by atoms with van der Waals surface area (Å²) in [6, 6.07) is 2.92. The molecular weight excluding hydrogens is 281 g/mol. The van der Waals surface area contributed by atoms with E-state index in [-0.39, 0.29) is 25.7 Å². The number of ether oxygens (including phenoxy) is 2. The topological polar surface area (TPSA) is 82.4 Å². The van der Waals surface area contributed by atoms with E-state index >= 15 is 0 Å². The molecule has 3 N–H and O–H groups in total. The molecule has 7 heteroatoms. The number of piperidine rings is 1. The Morgan fingerprint density at radius 3 is 2.38 bits per heavy atom. The van der Waals surface area contributed by atoms with Gasteiger partial charge in [0.15, 0.2) is 11.5 Å². The van der Waals surface area contributed by atoms with Crippen molar-refractivity contribution >= 4 is 0 Å². The zero-order valence-electron chi connectivity index (χ0n) is 11.4. The predicted molar refractivity (Wildman–Crippen MR) is 70.7 cm³/mol. The average Bonchev–Trinajstić information content (AvgIpc) is 2.89. The molecule has 2 atom stereocenters. The van der Waals surface area contributed by atoms with Crippen LogP contribution in [0, 0.1) is 5.82 Å². The van der Waals surface area contributed by atoms with E-state index in [1.165, 1.54) is 6.07 Å². The fourth-order valence-electron chi connectivity index (χ4n) is 2.69. The van der Waals surface area contributed by atoms with Gasteiger partial charge >= 0.3 is 0 Å². The van der Waals surface area contributed by atoms with Crippen LogP contribution in [0.15, 0.2) is 12.1 Å². The van der Waals surface area contributed by atoms with E-state index in [1.54, 1.807) is 11.0 Å². The van der Waals surface area contributed by atoms with Crippen LogP contribution >= 0.6 is 0 Å². The first-order valence-electron chi connectivity index (χ1n) is 6.89. The first kappa shape index (κ1) is 14.5. The van der Waals surface area contributed by atoms with Gasteiger partial charge in [-0.15, -0.1) is 0 Å². The summed E-state index contributed by atoms with van der Waals surface area (Å²) in [6.07, 6.45) is -2.69. The van der Waals surface area contributed by atoms with Gasteiger partial charge in [0.1, 0.15) is 11.9 Å². The Morgan fingerprint density at radius 2 is 1.71 bits per heavy atom. The Kier molecular flexibility index (Phi) is 3.99. The van der Waals surface area contributed by atoms with E-state index in [4.69, 9.17) is 9.47 Å². The monoisotopic (exact) mass is 299 g/mol. The summed E-state index contributed by atoms with van der Waals surface area (Å²) in [7, 11) is 0. The van der Waals surface area contributed by atoms with Crippen LogP contribution in [0.5, 0.6) is 11.5 Å². The minimum absolute atomic E-state index is 0.0978. The second-order valence-electron chi connectivity index (χ2n) is 5.43. The lowest BCUT2D eigenvalue weighted by Crippen LogP contribution is -2.55. The molecule has 3 rings (SSSR count). The highest BCUT2D eigenvalue weighted by atomic mass is 19.1. The Hall–Kier alpha value is -1.41. The molecule has 2 heterocycles. The van der Waals surface area contributed by atoms with Gasteiger partial charge in [0, 0.05) is 25.7 Å². The maximum atomic E-state index is 13.9. The van der Waals surface area contributed by atoms with Crippen LogP contribution in [0.25, 0.3) is 0 Å². The molecule has 1 aromatic rings. The summed E-state index contributed by atoms with van der Waals surface area (Å²) >= 11 is 0. The summed E-state index contributed by atoms with van der Waals surface area (Å²) < 4.78 is 24.2. The smallest absolute Gasteiger partial charge is 0.231 e. The molecular formula is C14H18FNO5. The molecule has 0 aliphatic carbocycles. The molecule has 0 radical (unpaired) electrons. The Bertz CT molecular complexity index is 514. The summed E-state index contributed by atoms with van der Waals surface area (Å²) in [4.78, 5) is 1.80. The van der Waals surface area contributed by atoms with Gasteiger partial charge in [-0.25, -0.2) is 4.39 Å². The van der Waals surface area contributed by atoms with Gasteiger partial charge in [0.2, 0.25) is 6.79 Å². The lowest BCUT2D eigenvalue weighted by Gasteiger charge is -2.36. The van der Waals surface area contributed by atoms with Crippen LogP contribution in [0.1, 0.15) is 5.56 Å². The van der Waals surface area contributed by atoms with Gasteiger partial charge < -0.3 is 24.8 Å². The predicted octanol–water partition coefficient (Wildman–Crippen LogP) is -0.505. The summed E-state index contributed by atoms with van der Waals surface area (Å²) in [5.41, 5.74) is 0.495. The van der Waals surface area contributed by atoms with E-state index in [1.807, 2.05) is 0 Å². The van der Waals surface area contributed by atoms with Crippen molar-refractivity contribution in [3.05, 3.63) is 23.5 Å². The molecule has 1 fully saturated rings. The largest absolute Gasteiger partial charge is 0.454 e. The molecule has 0 amide bonds. The molecule has 0 aromatic heterocycles. The van der Waals surface area contributed by atoms with Crippen molar-refractivity contribution < 1.29 is 29.2 Å². The summed E-state index contributed by atoms with van der Waals surface area (Å²) in [5.74, 6) is 0.570. The third kappa shape index (κ3) is 2.96. The highest BCUT2D eigenvalue weighted by Crippen LogP contribution is 2.34. The van der Waals surface area contributed by atoms with Crippen molar-refractivity contribution in [1.82, 2.24) is 4.90 Å². The summed E-state index contributed by atoms with van der Waals surface area (Å²) in [5, 5.41) is 28.8. The quantitative estimate of drug-likeness (QED) is 0.698. The molecule has 116 valence electrons. The van der Waals surface area contributed by atoms with Crippen molar-refractivity contribution in [3.8, 4) is 11.5 Å². The van der Waals surface area contributed by atoms with E-state index in [0.29, 0.717) is 30.0 Å². The standard InChI is InChI=1S/C14H18FNO5/c15-9-4-13-12(20-7-21-13)3-8(9)1-2-16-5-10(17)14(19)11(18)6-16/h3-4,10-11,14,17-19H,1-2,5-7H2. The lowest BCUT2D eigenvalue weighted by molar-refractivity contribution is -0.109. The number of hydrogen-bond donors (Lipinski definition) is 3. The fourth-order valence-corrected chi connectivity index (χ4v) is 2.69. The van der Waals surface area contributed by atoms with Gasteiger partial charge in [-0.1, -0.05) is 0 Å². The normalized spacial score (nSPS) is 28.9. The molecule has 6 nitrogen and oxygen atoms in total. The Balaban J connectivity index is 1.63. The van der Waals surface area contributed by atoms with Crippen LogP contribution in [0.3, 0.4) is 0 Å². The number of aliphatic hydroxyl groups is 3. The van der Waals surface area contributed by atoms with Crippen LogP contribution in [-0.2, 0) is 6.42 Å². The van der Waals surface area contributed by atoms with Crippen molar-refractivity contribution in [2.75, 3.05) is 26.4 Å². The number of likely N-dealkylation sites (tertiary alicyclic amines) is 1. The highest BCUT2D eigenvalue weighted by Gasteiger charge is 2.33. The van der Waals surface area contributed by atoms with Crippen molar-refractivity contribution in [2.45, 2.75) is 24.7 Å². The Morgan fingerprint density at radius 1 is 1.10 bits per heavy atom. The molecule has 2 aliphatic rings. The second kappa shape index (κ2) is 5.76. The van der Waals surface area contributed by atoms with Crippen molar-refractivity contribution in [2.24, 2.45) is 0 Å². The number of hydrogen-bond acceptors (Lipinski definition) is 6. The maximum absolute atomic E-state index is 13.9. The van der Waals surface area contributed by atoms with Gasteiger partial charge in [-0.3, -0.25) is 4.90 Å². The van der Waals surface area contributed by atoms with E-state index in [2.05, 4.69) is 0 Å². The molecule has 1 aromatic carbocycles. The van der Waals surface area contributed by atoms with Crippen LogP contribution in [0.4, 0.5) is 4.39 Å². The number of nitrogens with zero attached hydrogens (tertiary/aromatic N) is 1. The molecule has 21 heavy (non-hydrogen) atoms. The van der Waals surface area contributed by atoms with Crippen molar-refractivity contribution in [3.63, 3.8) is 0 Å². The van der Waals surface area contributed by atoms with E-state index in [9.17, 15) is 19.7 Å². The molecule has 2 unspecified atom stereocenters. The Labute approximate surface area is 121 Å². The van der Waals surface area contributed by atoms with Gasteiger partial charge in [-0.2, -0.15) is 0 Å². The number of aliphatic hydroxyl groups excluding tert-OH is 3. The number of fused-ring (bicyclic) bond motifs is 1. The molecule has 1 saturated heterocycles. The zero-order valence-corrected chi connectivity index (χ0v) is 11.4. The lowest BCUT2D eigenvalue weighted by atomic mass is 10.0. The number of halogens is 1. The molecule has 2 aliphatic heterocycles. The third-order valence-corrected chi connectivity index (χ3v) is 3.92. The van der Waals surface area contributed by atoms with Gasteiger partial charge in [0.25, 0.3) is 0 Å². The van der Waals surface area contributed by atoms with Crippen LogP contribution < -0.4 is 9.47 Å². The SMILES string of the molecule is OC1CN(CCc2cc3c(cc2F)OCO3)CC(O)C1O. The minimum Gasteiger partial charge on any atom is -0.454 e. The van der Waals surface area contributed by atoms with E-state index in [0.717, 1.165) is 0 Å². The number of β-amino-alcohol motifs (C(OH)–C–C–N with tert-alkyl or cyclic N) is 2. The second-order valence-corrected chi connectivity index (χ2v) is 5.43. The molecule has 0 bridgehead atoms. The van der Waals surface area contributed by atoms with E-state index < -0.39 is 18.3 Å². The van der Waals surface area contributed by atoms with Crippen LogP contribution in [0.2, 0.25) is 0 Å². The first-order chi connectivity index (χ1) is 10.0. The van der Waals surface area contributed by atoms with Gasteiger partial charge in [-0.05, 0) is 18.1 Å². The van der Waals surface area contributed by atoms with Crippen molar-refractivity contribution in [1.29, 1.82) is 0 Å². The number of benzene rings is 1. The fraction of sp³-hybridized carbons (Fsp3) is 0.571. The molecule has 0 spiro atoms. The summed E-state index contributed by atoms with van der Waals surface area (Å²) in [6.45, 7) is 1.08. The van der Waals surface area contributed by atoms with Crippen LogP contribution in [-0.4, -0.2) is 65.0 Å². The number of rotatable bonds is 3. The third-order valence-electron chi connectivity index (χ3n) is 3.92. The first-order valence-corrected chi connectivity index (χ1v) is 6.89.